The van der Waals surface area contributed by atoms with Crippen molar-refractivity contribution < 1.29 is 9.84 Å². The molecule has 0 fully saturated rings. The molecule has 0 amide bonds. The van der Waals surface area contributed by atoms with Crippen LogP contribution in [0.4, 0.5) is 0 Å². The lowest BCUT2D eigenvalue weighted by molar-refractivity contribution is 0.0674. The molecule has 0 spiro atoms. The van der Waals surface area contributed by atoms with Gasteiger partial charge in [-0.3, -0.25) is 0 Å². The van der Waals surface area contributed by atoms with Crippen molar-refractivity contribution in [1.82, 2.24) is 0 Å². The summed E-state index contributed by atoms with van der Waals surface area (Å²) < 4.78 is 5.99. The van der Waals surface area contributed by atoms with E-state index in [1.165, 1.54) is 9.75 Å². The first-order valence-corrected chi connectivity index (χ1v) is 7.59. The lowest BCUT2D eigenvalue weighted by Gasteiger charge is -2.29. The Balaban J connectivity index is 1.90. The number of aliphatic hydroxyl groups is 1. The predicted octanol–water partition coefficient (Wildman–Crippen LogP) is 4.52. The van der Waals surface area contributed by atoms with Gasteiger partial charge >= 0.3 is 0 Å². The molecule has 2 nitrogen and oxygen atoms in total. The first-order valence-electron chi connectivity index (χ1n) is 6.40. The first kappa shape index (κ1) is 13.0. The number of aliphatic hydroxyl groups excluding tert-OH is 1. The molecule has 19 heavy (non-hydrogen) atoms. The molecular formula is C15H15ClO2S. The summed E-state index contributed by atoms with van der Waals surface area (Å²) in [6.07, 6.45) is 1.04. The summed E-state index contributed by atoms with van der Waals surface area (Å²) in [6.45, 7) is 2.14. The van der Waals surface area contributed by atoms with E-state index in [1.807, 2.05) is 6.07 Å². The molecular weight excluding hydrogens is 280 g/mol. The zero-order valence-corrected chi connectivity index (χ0v) is 12.2. The van der Waals surface area contributed by atoms with E-state index in [0.717, 1.165) is 17.7 Å². The summed E-state index contributed by atoms with van der Waals surface area (Å²) in [7, 11) is 0. The Morgan fingerprint density at radius 1 is 1.37 bits per heavy atom. The number of halogens is 1. The zero-order valence-electron chi connectivity index (χ0n) is 10.6. The van der Waals surface area contributed by atoms with Gasteiger partial charge in [-0.25, -0.2) is 0 Å². The predicted molar refractivity (Wildman–Crippen MR) is 78.1 cm³/mol. The molecule has 0 saturated carbocycles. The Kier molecular flexibility index (Phi) is 3.52. The van der Waals surface area contributed by atoms with Crippen LogP contribution in [0.5, 0.6) is 5.75 Å². The van der Waals surface area contributed by atoms with Crippen LogP contribution in [0.15, 0.2) is 30.3 Å². The summed E-state index contributed by atoms with van der Waals surface area (Å²) in [6, 6.07) is 9.64. The molecule has 0 radical (unpaired) electrons. The quantitative estimate of drug-likeness (QED) is 0.882. The zero-order chi connectivity index (χ0) is 13.4. The number of benzene rings is 1. The topological polar surface area (TPSA) is 29.5 Å². The molecule has 1 N–H and O–H groups in total. The maximum Gasteiger partial charge on any atom is 0.136 e. The van der Waals surface area contributed by atoms with Crippen molar-refractivity contribution in [2.75, 3.05) is 0 Å². The summed E-state index contributed by atoms with van der Waals surface area (Å²) >= 11 is 7.71. The van der Waals surface area contributed by atoms with E-state index in [9.17, 15) is 5.11 Å². The lowest BCUT2D eigenvalue weighted by atomic mass is 9.98. The van der Waals surface area contributed by atoms with Crippen LogP contribution in [0.3, 0.4) is 0 Å². The van der Waals surface area contributed by atoms with Crippen LogP contribution in [0.1, 0.15) is 40.9 Å². The van der Waals surface area contributed by atoms with Crippen LogP contribution in [0, 0.1) is 0 Å². The second-order valence-corrected chi connectivity index (χ2v) is 6.33. The Labute approximate surface area is 121 Å². The monoisotopic (exact) mass is 294 g/mol. The van der Waals surface area contributed by atoms with Crippen LogP contribution in [0.2, 0.25) is 5.02 Å². The van der Waals surface area contributed by atoms with Crippen molar-refractivity contribution in [1.29, 1.82) is 0 Å². The van der Waals surface area contributed by atoms with Gasteiger partial charge in [-0.1, -0.05) is 18.5 Å². The number of fused-ring (bicyclic) bond motifs is 1. The molecule has 1 aliphatic heterocycles. The molecule has 0 bridgehead atoms. The fourth-order valence-electron chi connectivity index (χ4n) is 2.35. The van der Waals surface area contributed by atoms with Crippen molar-refractivity contribution in [3.63, 3.8) is 0 Å². The third-order valence-corrected chi connectivity index (χ3v) is 4.94. The van der Waals surface area contributed by atoms with E-state index in [1.54, 1.807) is 23.5 Å². The van der Waals surface area contributed by atoms with Gasteiger partial charge < -0.3 is 9.84 Å². The third kappa shape index (κ3) is 2.50. The number of thiophene rings is 1. The van der Waals surface area contributed by atoms with Gasteiger partial charge in [-0.05, 0) is 36.8 Å². The summed E-state index contributed by atoms with van der Waals surface area (Å²) in [4.78, 5) is 2.52. The minimum Gasteiger partial charge on any atom is -0.484 e. The number of rotatable bonds is 2. The largest absolute Gasteiger partial charge is 0.484 e. The van der Waals surface area contributed by atoms with Crippen molar-refractivity contribution in [3.05, 3.63) is 50.7 Å². The fourth-order valence-corrected chi connectivity index (χ4v) is 3.53. The molecule has 0 saturated heterocycles. The normalized spacial score (nSPS) is 21.8. The molecule has 3 rings (SSSR count). The second-order valence-electron chi connectivity index (χ2n) is 4.70. The van der Waals surface area contributed by atoms with Crippen LogP contribution in [-0.4, -0.2) is 5.11 Å². The van der Waals surface area contributed by atoms with E-state index in [0.29, 0.717) is 11.4 Å². The molecule has 2 aromatic rings. The third-order valence-electron chi connectivity index (χ3n) is 3.39. The molecule has 2 atom stereocenters. The molecule has 4 heteroatoms. The Hall–Kier alpha value is -1.03. The summed E-state index contributed by atoms with van der Waals surface area (Å²) in [5.74, 6) is 0.736. The average Bonchev–Trinajstić information content (AvgIpc) is 2.88. The summed E-state index contributed by atoms with van der Waals surface area (Å²) in [5, 5.41) is 10.9. The molecule has 1 aromatic carbocycles. The van der Waals surface area contributed by atoms with Gasteiger partial charge in [0.25, 0.3) is 0 Å². The van der Waals surface area contributed by atoms with E-state index < -0.39 is 6.10 Å². The summed E-state index contributed by atoms with van der Waals surface area (Å²) in [5.41, 5.74) is 0.788. The second kappa shape index (κ2) is 5.16. The maximum absolute atomic E-state index is 10.2. The molecule has 1 unspecified atom stereocenters. The van der Waals surface area contributed by atoms with E-state index in [2.05, 4.69) is 19.1 Å². The van der Waals surface area contributed by atoms with Crippen molar-refractivity contribution >= 4 is 22.9 Å². The van der Waals surface area contributed by atoms with E-state index in [-0.39, 0.29) is 6.10 Å². The fraction of sp³-hybridized carbons (Fsp3) is 0.333. The van der Waals surface area contributed by atoms with Crippen molar-refractivity contribution in [2.45, 2.75) is 32.0 Å². The lowest BCUT2D eigenvalue weighted by Crippen LogP contribution is -2.18. The highest BCUT2D eigenvalue weighted by Gasteiger charge is 2.29. The Morgan fingerprint density at radius 2 is 2.21 bits per heavy atom. The van der Waals surface area contributed by atoms with Gasteiger partial charge in [0.15, 0.2) is 0 Å². The Bertz CT molecular complexity index is 594. The van der Waals surface area contributed by atoms with Crippen molar-refractivity contribution in [3.8, 4) is 5.75 Å². The minimum atomic E-state index is -0.514. The van der Waals surface area contributed by atoms with Gasteiger partial charge in [-0.15, -0.1) is 11.3 Å². The SMILES string of the molecule is CCc1ccc(C2C[C@@H](O)c3cc(Cl)ccc3O2)s1. The minimum absolute atomic E-state index is 0.0611. The molecule has 1 aliphatic rings. The highest BCUT2D eigenvalue weighted by atomic mass is 35.5. The van der Waals surface area contributed by atoms with Crippen LogP contribution < -0.4 is 4.74 Å². The number of aryl methyl sites for hydroxylation is 1. The average molecular weight is 295 g/mol. The Morgan fingerprint density at radius 3 is 2.95 bits per heavy atom. The van der Waals surface area contributed by atoms with E-state index in [4.69, 9.17) is 16.3 Å². The number of hydrogen-bond acceptors (Lipinski definition) is 3. The molecule has 100 valence electrons. The van der Waals surface area contributed by atoms with Gasteiger partial charge in [-0.2, -0.15) is 0 Å². The first-order chi connectivity index (χ1) is 9.17. The smallest absolute Gasteiger partial charge is 0.136 e. The maximum atomic E-state index is 10.2. The van der Waals surface area contributed by atoms with Crippen LogP contribution >= 0.6 is 22.9 Å². The molecule has 1 aromatic heterocycles. The molecule has 2 heterocycles. The number of ether oxygens (including phenoxy) is 1. The standard InChI is InChI=1S/C15H15ClO2S/c1-2-10-4-6-15(19-10)14-8-12(17)11-7-9(16)3-5-13(11)18-14/h3-7,12,14,17H,2,8H2,1H3/t12-,14?/m1/s1. The molecule has 0 aliphatic carbocycles. The van der Waals surface area contributed by atoms with Crippen molar-refractivity contribution in [2.24, 2.45) is 0 Å². The van der Waals surface area contributed by atoms with Gasteiger partial charge in [0.1, 0.15) is 11.9 Å². The van der Waals surface area contributed by atoms with Gasteiger partial charge in [0.05, 0.1) is 6.10 Å². The van der Waals surface area contributed by atoms with Gasteiger partial charge in [0, 0.05) is 26.8 Å². The highest BCUT2D eigenvalue weighted by Crippen LogP contribution is 2.43. The van der Waals surface area contributed by atoms with Crippen LogP contribution in [-0.2, 0) is 6.42 Å². The highest BCUT2D eigenvalue weighted by molar-refractivity contribution is 7.12. The van der Waals surface area contributed by atoms with Gasteiger partial charge in [0.2, 0.25) is 0 Å². The van der Waals surface area contributed by atoms with Crippen LogP contribution in [0.25, 0.3) is 0 Å². The number of hydrogen-bond donors (Lipinski definition) is 1. The van der Waals surface area contributed by atoms with E-state index >= 15 is 0 Å².